The lowest BCUT2D eigenvalue weighted by molar-refractivity contribution is 0.0388. The van der Waals surface area contributed by atoms with Crippen LogP contribution in [-0.2, 0) is 9.47 Å². The van der Waals surface area contributed by atoms with Crippen molar-refractivity contribution in [3.05, 3.63) is 28.8 Å². The first-order valence-corrected chi connectivity index (χ1v) is 5.06. The Labute approximate surface area is 99.1 Å². The Balaban J connectivity index is 2.66. The van der Waals surface area contributed by atoms with Crippen molar-refractivity contribution in [2.45, 2.75) is 0 Å². The van der Waals surface area contributed by atoms with Crippen molar-refractivity contribution in [1.29, 1.82) is 0 Å². The fraction of sp³-hybridized carbons (Fsp3) is 0.364. The van der Waals surface area contributed by atoms with Gasteiger partial charge in [-0.25, -0.2) is 4.79 Å². The molecular weight excluding hydrogens is 232 g/mol. The zero-order valence-electron chi connectivity index (χ0n) is 9.16. The average Bonchev–Trinajstić information content (AvgIpc) is 2.29. The molecule has 0 saturated heterocycles. The van der Waals surface area contributed by atoms with E-state index in [0.717, 1.165) is 0 Å². The molecule has 88 valence electrons. The molecule has 0 aliphatic rings. The lowest BCUT2D eigenvalue weighted by atomic mass is 10.2. The smallest absolute Gasteiger partial charge is 0.338 e. The van der Waals surface area contributed by atoms with Crippen molar-refractivity contribution >= 4 is 17.6 Å². The molecule has 0 aliphatic carbocycles. The molecule has 0 spiro atoms. The summed E-state index contributed by atoms with van der Waals surface area (Å²) in [5.74, 6) is 0.0942. The van der Waals surface area contributed by atoms with E-state index in [0.29, 0.717) is 22.9 Å². The monoisotopic (exact) mass is 244 g/mol. The van der Waals surface area contributed by atoms with Gasteiger partial charge in [0, 0.05) is 7.11 Å². The Morgan fingerprint density at radius 3 is 2.62 bits per heavy atom. The molecule has 1 aromatic carbocycles. The zero-order chi connectivity index (χ0) is 12.0. The maximum Gasteiger partial charge on any atom is 0.338 e. The van der Waals surface area contributed by atoms with Crippen LogP contribution in [-0.4, -0.2) is 33.4 Å². The molecule has 0 saturated carbocycles. The van der Waals surface area contributed by atoms with Crippen molar-refractivity contribution in [3.63, 3.8) is 0 Å². The summed E-state index contributed by atoms with van der Waals surface area (Å²) < 4.78 is 14.7. The summed E-state index contributed by atoms with van der Waals surface area (Å²) >= 11 is 5.88. The van der Waals surface area contributed by atoms with Gasteiger partial charge in [0.15, 0.2) is 0 Å². The first-order valence-electron chi connectivity index (χ1n) is 4.68. The summed E-state index contributed by atoms with van der Waals surface area (Å²) in [7, 11) is 3.05. The highest BCUT2D eigenvalue weighted by Gasteiger charge is 2.09. The van der Waals surface area contributed by atoms with Crippen molar-refractivity contribution in [3.8, 4) is 5.75 Å². The van der Waals surface area contributed by atoms with Crippen LogP contribution in [0.4, 0.5) is 0 Å². The second kappa shape index (κ2) is 6.35. The quantitative estimate of drug-likeness (QED) is 0.588. The third-order valence-electron chi connectivity index (χ3n) is 1.91. The van der Waals surface area contributed by atoms with E-state index in [1.807, 2.05) is 0 Å². The highest BCUT2D eigenvalue weighted by atomic mass is 35.5. The van der Waals surface area contributed by atoms with Crippen molar-refractivity contribution in [2.24, 2.45) is 0 Å². The normalized spacial score (nSPS) is 9.94. The van der Waals surface area contributed by atoms with Gasteiger partial charge in [0.2, 0.25) is 0 Å². The van der Waals surface area contributed by atoms with Crippen LogP contribution in [0.25, 0.3) is 0 Å². The van der Waals surface area contributed by atoms with Gasteiger partial charge in [0.1, 0.15) is 12.4 Å². The minimum Gasteiger partial charge on any atom is -0.495 e. The third kappa shape index (κ3) is 3.40. The van der Waals surface area contributed by atoms with Crippen LogP contribution in [0, 0.1) is 0 Å². The molecule has 5 heteroatoms. The van der Waals surface area contributed by atoms with Crippen LogP contribution in [0.2, 0.25) is 5.02 Å². The second-order valence-electron chi connectivity index (χ2n) is 2.98. The van der Waals surface area contributed by atoms with Crippen LogP contribution in [0.1, 0.15) is 10.4 Å². The van der Waals surface area contributed by atoms with Crippen LogP contribution in [0.5, 0.6) is 5.75 Å². The largest absolute Gasteiger partial charge is 0.495 e. The lowest BCUT2D eigenvalue weighted by Gasteiger charge is -2.06. The van der Waals surface area contributed by atoms with E-state index in [1.54, 1.807) is 12.1 Å². The molecule has 4 nitrogen and oxygen atoms in total. The van der Waals surface area contributed by atoms with Gasteiger partial charge in [0.25, 0.3) is 0 Å². The Morgan fingerprint density at radius 2 is 2.06 bits per heavy atom. The molecule has 0 bridgehead atoms. The minimum absolute atomic E-state index is 0.221. The second-order valence-corrected chi connectivity index (χ2v) is 3.39. The summed E-state index contributed by atoms with van der Waals surface area (Å²) in [5, 5.41) is 0.378. The number of ether oxygens (including phenoxy) is 3. The summed E-state index contributed by atoms with van der Waals surface area (Å²) in [5.41, 5.74) is 0.391. The summed E-state index contributed by atoms with van der Waals surface area (Å²) in [6.45, 7) is 0.592. The molecule has 0 fully saturated rings. The molecule has 0 amide bonds. The predicted octanol–water partition coefficient (Wildman–Crippen LogP) is 2.15. The number of carbonyl (C=O) groups is 1. The molecular formula is C11H13ClO4. The van der Waals surface area contributed by atoms with Gasteiger partial charge in [-0.3, -0.25) is 0 Å². The molecule has 0 N–H and O–H groups in total. The molecule has 0 radical (unpaired) electrons. The molecule has 0 atom stereocenters. The molecule has 0 unspecified atom stereocenters. The highest BCUT2D eigenvalue weighted by Crippen LogP contribution is 2.25. The maximum atomic E-state index is 11.5. The Bertz CT molecular complexity index is 365. The van der Waals surface area contributed by atoms with Gasteiger partial charge in [-0.15, -0.1) is 0 Å². The Morgan fingerprint density at radius 1 is 1.31 bits per heavy atom. The van der Waals surface area contributed by atoms with E-state index in [1.165, 1.54) is 20.3 Å². The van der Waals surface area contributed by atoms with Crippen molar-refractivity contribution in [1.82, 2.24) is 0 Å². The number of benzene rings is 1. The topological polar surface area (TPSA) is 44.8 Å². The number of carbonyl (C=O) groups excluding carboxylic acids is 1. The molecule has 1 rings (SSSR count). The standard InChI is InChI=1S/C11H13ClO4/c1-14-5-6-16-11(13)8-3-4-10(15-2)9(12)7-8/h3-4,7H,5-6H2,1-2H3. The summed E-state index contributed by atoms with van der Waals surface area (Å²) in [6, 6.07) is 4.73. The Hall–Kier alpha value is -1.26. The fourth-order valence-electron chi connectivity index (χ4n) is 1.09. The predicted molar refractivity (Wildman–Crippen MR) is 60.2 cm³/mol. The van der Waals surface area contributed by atoms with Gasteiger partial charge in [-0.1, -0.05) is 11.6 Å². The summed E-state index contributed by atoms with van der Waals surface area (Å²) in [6.07, 6.45) is 0. The van der Waals surface area contributed by atoms with Crippen LogP contribution in [0.15, 0.2) is 18.2 Å². The van der Waals surface area contributed by atoms with Crippen LogP contribution >= 0.6 is 11.6 Å². The van der Waals surface area contributed by atoms with E-state index >= 15 is 0 Å². The average molecular weight is 245 g/mol. The van der Waals surface area contributed by atoms with Crippen LogP contribution in [0.3, 0.4) is 0 Å². The van der Waals surface area contributed by atoms with E-state index in [4.69, 9.17) is 25.8 Å². The highest BCUT2D eigenvalue weighted by molar-refractivity contribution is 6.32. The van der Waals surface area contributed by atoms with Gasteiger partial charge in [0.05, 0.1) is 24.3 Å². The Kier molecular flexibility index (Phi) is 5.08. The van der Waals surface area contributed by atoms with Crippen molar-refractivity contribution < 1.29 is 19.0 Å². The third-order valence-corrected chi connectivity index (χ3v) is 2.20. The van der Waals surface area contributed by atoms with E-state index < -0.39 is 5.97 Å². The first kappa shape index (κ1) is 12.8. The lowest BCUT2D eigenvalue weighted by Crippen LogP contribution is -2.09. The van der Waals surface area contributed by atoms with Gasteiger partial charge >= 0.3 is 5.97 Å². The fourth-order valence-corrected chi connectivity index (χ4v) is 1.35. The van der Waals surface area contributed by atoms with Crippen molar-refractivity contribution in [2.75, 3.05) is 27.4 Å². The first-order chi connectivity index (χ1) is 7.69. The van der Waals surface area contributed by atoms with Crippen LogP contribution < -0.4 is 4.74 Å². The molecule has 1 aromatic rings. The SMILES string of the molecule is COCCOC(=O)c1ccc(OC)c(Cl)c1. The maximum absolute atomic E-state index is 11.5. The summed E-state index contributed by atoms with van der Waals surface area (Å²) in [4.78, 5) is 11.5. The van der Waals surface area contributed by atoms with Gasteiger partial charge < -0.3 is 14.2 Å². The number of hydrogen-bond donors (Lipinski definition) is 0. The zero-order valence-corrected chi connectivity index (χ0v) is 9.91. The number of rotatable bonds is 5. The molecule has 0 aliphatic heterocycles. The number of esters is 1. The van der Waals surface area contributed by atoms with E-state index in [2.05, 4.69) is 0 Å². The van der Waals surface area contributed by atoms with Gasteiger partial charge in [-0.2, -0.15) is 0 Å². The molecule has 16 heavy (non-hydrogen) atoms. The van der Waals surface area contributed by atoms with E-state index in [9.17, 15) is 4.79 Å². The van der Waals surface area contributed by atoms with Gasteiger partial charge in [-0.05, 0) is 18.2 Å². The number of hydrogen-bond acceptors (Lipinski definition) is 4. The molecule has 0 aromatic heterocycles. The number of methoxy groups -OCH3 is 2. The number of halogens is 1. The van der Waals surface area contributed by atoms with E-state index in [-0.39, 0.29) is 6.61 Å². The molecule has 0 heterocycles. The minimum atomic E-state index is -0.429.